The number of carbonyl (C=O) groups is 1. The van der Waals surface area contributed by atoms with Crippen LogP contribution in [0.3, 0.4) is 0 Å². The van der Waals surface area contributed by atoms with Crippen molar-refractivity contribution < 1.29 is 13.9 Å². The lowest BCUT2D eigenvalue weighted by Crippen LogP contribution is -2.06. The van der Waals surface area contributed by atoms with Crippen LogP contribution in [0.2, 0.25) is 0 Å². The van der Waals surface area contributed by atoms with Gasteiger partial charge in [-0.25, -0.2) is 9.18 Å². The second-order valence-corrected chi connectivity index (χ2v) is 4.25. The van der Waals surface area contributed by atoms with E-state index in [1.165, 1.54) is 26.0 Å². The Morgan fingerprint density at radius 2 is 2.25 bits per heavy atom. The maximum absolute atomic E-state index is 13.9. The highest BCUT2D eigenvalue weighted by Crippen LogP contribution is 2.33. The van der Waals surface area contributed by atoms with Crippen molar-refractivity contribution in [1.29, 1.82) is 0 Å². The van der Waals surface area contributed by atoms with Crippen LogP contribution in [0, 0.1) is 11.7 Å². The molecule has 86 valence electrons. The van der Waals surface area contributed by atoms with Gasteiger partial charge < -0.3 is 4.74 Å². The number of esters is 1. The summed E-state index contributed by atoms with van der Waals surface area (Å²) in [5, 5.41) is 0. The molecule has 0 atom stereocenters. The van der Waals surface area contributed by atoms with Crippen LogP contribution in [0.1, 0.15) is 35.2 Å². The van der Waals surface area contributed by atoms with Gasteiger partial charge >= 0.3 is 5.97 Å². The van der Waals surface area contributed by atoms with Crippen molar-refractivity contribution >= 4 is 5.97 Å². The molecule has 1 fully saturated rings. The van der Waals surface area contributed by atoms with Crippen LogP contribution in [0.4, 0.5) is 4.39 Å². The maximum Gasteiger partial charge on any atom is 0.340 e. The first-order chi connectivity index (χ1) is 7.72. The summed E-state index contributed by atoms with van der Waals surface area (Å²) in [6.45, 7) is 0. The highest BCUT2D eigenvalue weighted by atomic mass is 19.1. The summed E-state index contributed by atoms with van der Waals surface area (Å²) in [6, 6.07) is 4.91. The monoisotopic (exact) mass is 222 g/mol. The number of rotatable bonds is 4. The van der Waals surface area contributed by atoms with E-state index >= 15 is 0 Å². The van der Waals surface area contributed by atoms with Gasteiger partial charge in [0.25, 0.3) is 0 Å². The topological polar surface area (TPSA) is 26.3 Å². The van der Waals surface area contributed by atoms with Crippen LogP contribution < -0.4 is 0 Å². The quantitative estimate of drug-likeness (QED) is 0.732. The zero-order valence-electron chi connectivity index (χ0n) is 9.33. The molecule has 0 heterocycles. The van der Waals surface area contributed by atoms with Crippen LogP contribution in [0.15, 0.2) is 18.2 Å². The van der Waals surface area contributed by atoms with E-state index in [0.717, 1.165) is 12.3 Å². The molecule has 0 N–H and O–H groups in total. The van der Waals surface area contributed by atoms with E-state index < -0.39 is 11.8 Å². The van der Waals surface area contributed by atoms with Crippen molar-refractivity contribution in [3.05, 3.63) is 35.1 Å². The highest BCUT2D eigenvalue weighted by molar-refractivity contribution is 5.89. The summed E-state index contributed by atoms with van der Waals surface area (Å²) in [4.78, 5) is 11.3. The third-order valence-corrected chi connectivity index (χ3v) is 3.00. The van der Waals surface area contributed by atoms with Gasteiger partial charge in [0.2, 0.25) is 0 Å². The van der Waals surface area contributed by atoms with E-state index in [0.29, 0.717) is 12.0 Å². The van der Waals surface area contributed by atoms with Crippen molar-refractivity contribution in [2.24, 2.45) is 5.92 Å². The molecule has 2 rings (SSSR count). The maximum atomic E-state index is 13.9. The van der Waals surface area contributed by atoms with Crippen molar-refractivity contribution in [2.75, 3.05) is 7.11 Å². The Hall–Kier alpha value is -1.38. The number of halogens is 1. The van der Waals surface area contributed by atoms with Crippen LogP contribution in [-0.2, 0) is 11.2 Å². The fourth-order valence-electron chi connectivity index (χ4n) is 1.81. The van der Waals surface area contributed by atoms with E-state index in [4.69, 9.17) is 0 Å². The third-order valence-electron chi connectivity index (χ3n) is 3.00. The molecule has 3 heteroatoms. The lowest BCUT2D eigenvalue weighted by molar-refractivity contribution is 0.0595. The van der Waals surface area contributed by atoms with Crippen LogP contribution >= 0.6 is 0 Å². The van der Waals surface area contributed by atoms with Crippen LogP contribution in [0.5, 0.6) is 0 Å². The molecule has 0 spiro atoms. The highest BCUT2D eigenvalue weighted by Gasteiger charge is 2.22. The van der Waals surface area contributed by atoms with Gasteiger partial charge in [-0.2, -0.15) is 0 Å². The molecule has 1 aliphatic rings. The first-order valence-corrected chi connectivity index (χ1v) is 5.58. The van der Waals surface area contributed by atoms with Crippen LogP contribution in [-0.4, -0.2) is 13.1 Å². The molecular weight excluding hydrogens is 207 g/mol. The number of carbonyl (C=O) groups excluding carboxylic acids is 1. The predicted octanol–water partition coefficient (Wildman–Crippen LogP) is 2.95. The molecule has 0 unspecified atom stereocenters. The summed E-state index contributed by atoms with van der Waals surface area (Å²) in [6.07, 6.45) is 4.25. The summed E-state index contributed by atoms with van der Waals surface area (Å²) >= 11 is 0. The number of hydrogen-bond donors (Lipinski definition) is 0. The average molecular weight is 222 g/mol. The molecule has 1 aromatic rings. The van der Waals surface area contributed by atoms with Gasteiger partial charge in [-0.1, -0.05) is 25.0 Å². The fourth-order valence-corrected chi connectivity index (χ4v) is 1.81. The Morgan fingerprint density at radius 3 is 2.88 bits per heavy atom. The Labute approximate surface area is 94.4 Å². The van der Waals surface area contributed by atoms with Gasteiger partial charge in [0.1, 0.15) is 5.82 Å². The first-order valence-electron chi connectivity index (χ1n) is 5.58. The number of ether oxygens (including phenoxy) is 1. The minimum absolute atomic E-state index is 0.0378. The van der Waals surface area contributed by atoms with Crippen molar-refractivity contribution in [2.45, 2.75) is 25.7 Å². The predicted molar refractivity (Wildman–Crippen MR) is 58.8 cm³/mol. The number of benzene rings is 1. The lowest BCUT2D eigenvalue weighted by Gasteiger charge is -2.06. The summed E-state index contributed by atoms with van der Waals surface area (Å²) in [5.74, 6) is -0.262. The first kappa shape index (κ1) is 11.1. The van der Waals surface area contributed by atoms with Gasteiger partial charge in [0, 0.05) is 0 Å². The van der Waals surface area contributed by atoms with Gasteiger partial charge in [-0.05, 0) is 30.4 Å². The molecule has 1 aliphatic carbocycles. The van der Waals surface area contributed by atoms with Gasteiger partial charge in [0.15, 0.2) is 0 Å². The van der Waals surface area contributed by atoms with E-state index in [1.807, 2.05) is 0 Å². The molecule has 1 aromatic carbocycles. The van der Waals surface area contributed by atoms with E-state index in [9.17, 15) is 9.18 Å². The Kier molecular flexibility index (Phi) is 3.22. The second kappa shape index (κ2) is 4.64. The minimum atomic E-state index is -0.606. The molecule has 0 aliphatic heterocycles. The summed E-state index contributed by atoms with van der Waals surface area (Å²) < 4.78 is 18.4. The smallest absolute Gasteiger partial charge is 0.340 e. The largest absolute Gasteiger partial charge is 0.465 e. The van der Waals surface area contributed by atoms with E-state index in [1.54, 1.807) is 12.1 Å². The Bertz CT molecular complexity index is 397. The van der Waals surface area contributed by atoms with E-state index in [-0.39, 0.29) is 5.56 Å². The van der Waals surface area contributed by atoms with Crippen molar-refractivity contribution in [3.63, 3.8) is 0 Å². The molecule has 0 aromatic heterocycles. The molecule has 0 radical (unpaired) electrons. The standard InChI is InChI=1S/C13H15FO2/c1-16-13(15)11-4-2-3-10(12(11)14)8-7-9-5-6-9/h2-4,9H,5-8H2,1H3. The van der Waals surface area contributed by atoms with Crippen molar-refractivity contribution in [1.82, 2.24) is 0 Å². The van der Waals surface area contributed by atoms with Crippen LogP contribution in [0.25, 0.3) is 0 Å². The average Bonchev–Trinajstić information content (AvgIpc) is 3.10. The Morgan fingerprint density at radius 1 is 1.50 bits per heavy atom. The van der Waals surface area contributed by atoms with Gasteiger partial charge in [-0.15, -0.1) is 0 Å². The molecular formula is C13H15FO2. The Balaban J connectivity index is 2.14. The molecule has 0 amide bonds. The second-order valence-electron chi connectivity index (χ2n) is 4.25. The summed E-state index contributed by atoms with van der Waals surface area (Å²) in [7, 11) is 1.26. The van der Waals surface area contributed by atoms with Gasteiger partial charge in [0.05, 0.1) is 12.7 Å². The van der Waals surface area contributed by atoms with Gasteiger partial charge in [-0.3, -0.25) is 0 Å². The summed E-state index contributed by atoms with van der Waals surface area (Å²) in [5.41, 5.74) is 0.658. The zero-order chi connectivity index (χ0) is 11.5. The molecule has 0 bridgehead atoms. The minimum Gasteiger partial charge on any atom is -0.465 e. The molecule has 2 nitrogen and oxygen atoms in total. The lowest BCUT2D eigenvalue weighted by atomic mass is 10.0. The third kappa shape index (κ3) is 2.40. The fraction of sp³-hybridized carbons (Fsp3) is 0.462. The molecule has 1 saturated carbocycles. The molecule has 0 saturated heterocycles. The number of aryl methyl sites for hydroxylation is 1. The SMILES string of the molecule is COC(=O)c1cccc(CCC2CC2)c1F. The van der Waals surface area contributed by atoms with E-state index in [2.05, 4.69) is 4.74 Å². The van der Waals surface area contributed by atoms with Crippen molar-refractivity contribution in [3.8, 4) is 0 Å². The zero-order valence-corrected chi connectivity index (χ0v) is 9.33. The normalized spacial score (nSPS) is 14.9. The number of hydrogen-bond acceptors (Lipinski definition) is 2. The molecule has 16 heavy (non-hydrogen) atoms. The number of methoxy groups -OCH3 is 1.